The molecule has 0 bridgehead atoms. The van der Waals surface area contributed by atoms with Crippen molar-refractivity contribution in [2.45, 2.75) is 89.8 Å². The highest BCUT2D eigenvalue weighted by Crippen LogP contribution is 2.45. The zero-order valence-corrected chi connectivity index (χ0v) is 17.9. The Morgan fingerprint density at radius 3 is 2.17 bits per heavy atom. The Labute approximate surface area is 170 Å². The van der Waals surface area contributed by atoms with E-state index in [2.05, 4.69) is 0 Å². The zero-order chi connectivity index (χ0) is 22.5. The largest absolute Gasteiger partial charge is 0.508 e. The van der Waals surface area contributed by atoms with E-state index in [9.17, 15) is 34.8 Å². The van der Waals surface area contributed by atoms with Gasteiger partial charge in [-0.05, 0) is 40.0 Å². The summed E-state index contributed by atoms with van der Waals surface area (Å²) in [5, 5.41) is 42.2. The number of carbonyl (C=O) groups excluding carboxylic acids is 3. The molecule has 0 aromatic heterocycles. The smallest absolute Gasteiger partial charge is 0.190 e. The molecule has 164 valence electrons. The van der Waals surface area contributed by atoms with Gasteiger partial charge in [-0.3, -0.25) is 14.4 Å². The first kappa shape index (κ1) is 23.7. The molecule has 1 fully saturated rings. The van der Waals surface area contributed by atoms with Crippen molar-refractivity contribution in [2.75, 3.05) is 0 Å². The molecule has 4 unspecified atom stereocenters. The quantitative estimate of drug-likeness (QED) is 0.324. The first-order chi connectivity index (χ1) is 13.0. The molecule has 8 nitrogen and oxygen atoms in total. The summed E-state index contributed by atoms with van der Waals surface area (Å²) in [6.07, 6.45) is -2.77. The standard InChI is InChI=1S/C21H32O8/c1-10(2)7-12(22)16-17(25)11(8-13(23)19(3,4)27)21(28,18(16)26)14(24)9-15-20(5,6)29-15/h10-11,13,15,23,26-28H,7-9H2,1-6H3. The molecule has 0 spiro atoms. The number of carbonyl (C=O) groups is 3. The van der Waals surface area contributed by atoms with Gasteiger partial charge in [0.1, 0.15) is 11.3 Å². The number of hydrogen-bond acceptors (Lipinski definition) is 8. The zero-order valence-electron chi connectivity index (χ0n) is 17.9. The van der Waals surface area contributed by atoms with Crippen molar-refractivity contribution in [1.29, 1.82) is 0 Å². The maximum Gasteiger partial charge on any atom is 0.190 e. The summed E-state index contributed by atoms with van der Waals surface area (Å²) in [7, 11) is 0. The molecule has 1 saturated heterocycles. The van der Waals surface area contributed by atoms with Gasteiger partial charge in [0.05, 0.1) is 29.3 Å². The number of ketones is 3. The van der Waals surface area contributed by atoms with Crippen LogP contribution in [0.25, 0.3) is 0 Å². The van der Waals surface area contributed by atoms with Gasteiger partial charge in [-0.25, -0.2) is 0 Å². The number of Topliss-reactive ketones (excluding diaryl/α,β-unsaturated/α-hetero) is 3. The first-order valence-electron chi connectivity index (χ1n) is 9.88. The summed E-state index contributed by atoms with van der Waals surface area (Å²) in [6.45, 7) is 9.67. The molecule has 0 amide bonds. The van der Waals surface area contributed by atoms with Crippen molar-refractivity contribution < 1.29 is 39.5 Å². The maximum atomic E-state index is 13.0. The molecule has 0 radical (unpaired) electrons. The van der Waals surface area contributed by atoms with Crippen LogP contribution in [0.5, 0.6) is 0 Å². The van der Waals surface area contributed by atoms with Crippen LogP contribution in [0.2, 0.25) is 0 Å². The van der Waals surface area contributed by atoms with Crippen LogP contribution in [0.15, 0.2) is 11.3 Å². The first-order valence-corrected chi connectivity index (χ1v) is 9.88. The van der Waals surface area contributed by atoms with E-state index in [-0.39, 0.29) is 18.8 Å². The highest BCUT2D eigenvalue weighted by molar-refractivity contribution is 6.26. The van der Waals surface area contributed by atoms with Gasteiger partial charge in [0.2, 0.25) is 0 Å². The number of aliphatic hydroxyl groups is 4. The van der Waals surface area contributed by atoms with Crippen LogP contribution in [0.1, 0.15) is 60.8 Å². The van der Waals surface area contributed by atoms with E-state index in [1.54, 1.807) is 27.7 Å². The molecule has 1 aliphatic carbocycles. The molecule has 8 heteroatoms. The molecular formula is C21H32O8. The summed E-state index contributed by atoms with van der Waals surface area (Å²) >= 11 is 0. The molecular weight excluding hydrogens is 380 g/mol. The van der Waals surface area contributed by atoms with Crippen LogP contribution in [0.4, 0.5) is 0 Å². The fraction of sp³-hybridized carbons (Fsp3) is 0.762. The molecule has 1 aliphatic heterocycles. The number of aliphatic hydroxyl groups excluding tert-OH is 2. The second-order valence-corrected chi connectivity index (χ2v) is 9.67. The van der Waals surface area contributed by atoms with Crippen LogP contribution in [-0.4, -0.2) is 66.8 Å². The topological polar surface area (TPSA) is 145 Å². The fourth-order valence-corrected chi connectivity index (χ4v) is 3.64. The minimum Gasteiger partial charge on any atom is -0.508 e. The molecule has 4 N–H and O–H groups in total. The predicted molar refractivity (Wildman–Crippen MR) is 103 cm³/mol. The molecule has 29 heavy (non-hydrogen) atoms. The van der Waals surface area contributed by atoms with Gasteiger partial charge in [0.15, 0.2) is 23.0 Å². The van der Waals surface area contributed by atoms with Crippen LogP contribution in [-0.2, 0) is 19.1 Å². The lowest BCUT2D eigenvalue weighted by Gasteiger charge is -2.32. The van der Waals surface area contributed by atoms with E-state index in [1.165, 1.54) is 13.8 Å². The van der Waals surface area contributed by atoms with Crippen molar-refractivity contribution in [3.63, 3.8) is 0 Å². The summed E-state index contributed by atoms with van der Waals surface area (Å²) in [5.41, 5.74) is -5.43. The van der Waals surface area contributed by atoms with E-state index >= 15 is 0 Å². The van der Waals surface area contributed by atoms with Crippen LogP contribution >= 0.6 is 0 Å². The van der Waals surface area contributed by atoms with E-state index in [0.717, 1.165) is 0 Å². The van der Waals surface area contributed by atoms with Crippen LogP contribution in [0, 0.1) is 11.8 Å². The van der Waals surface area contributed by atoms with E-state index in [4.69, 9.17) is 4.74 Å². The Balaban J connectivity index is 2.43. The molecule has 0 aromatic rings. The summed E-state index contributed by atoms with van der Waals surface area (Å²) in [5.74, 6) is -5.09. The van der Waals surface area contributed by atoms with Gasteiger partial charge < -0.3 is 25.2 Å². The summed E-state index contributed by atoms with van der Waals surface area (Å²) in [4.78, 5) is 38.5. The lowest BCUT2D eigenvalue weighted by Crippen LogP contribution is -2.50. The van der Waals surface area contributed by atoms with Crippen molar-refractivity contribution in [2.24, 2.45) is 11.8 Å². The highest BCUT2D eigenvalue weighted by atomic mass is 16.6. The normalized spacial score (nSPS) is 30.1. The van der Waals surface area contributed by atoms with Gasteiger partial charge in [0, 0.05) is 12.8 Å². The second-order valence-electron chi connectivity index (χ2n) is 9.67. The van der Waals surface area contributed by atoms with Crippen LogP contribution < -0.4 is 0 Å². The number of epoxide rings is 1. The Bertz CT molecular complexity index is 742. The monoisotopic (exact) mass is 412 g/mol. The Morgan fingerprint density at radius 1 is 1.24 bits per heavy atom. The third-order valence-corrected chi connectivity index (χ3v) is 5.77. The van der Waals surface area contributed by atoms with Gasteiger partial charge >= 0.3 is 0 Å². The van der Waals surface area contributed by atoms with E-state index < -0.39 is 70.0 Å². The van der Waals surface area contributed by atoms with Crippen LogP contribution in [0.3, 0.4) is 0 Å². The molecule has 1 heterocycles. The van der Waals surface area contributed by atoms with Gasteiger partial charge in [0.25, 0.3) is 0 Å². The van der Waals surface area contributed by atoms with Crippen molar-refractivity contribution in [3.05, 3.63) is 11.3 Å². The number of allylic oxidation sites excluding steroid dienone is 1. The summed E-state index contributed by atoms with van der Waals surface area (Å²) < 4.78 is 5.37. The molecule has 2 rings (SSSR count). The van der Waals surface area contributed by atoms with E-state index in [1.807, 2.05) is 0 Å². The third kappa shape index (κ3) is 4.45. The van der Waals surface area contributed by atoms with Crippen molar-refractivity contribution >= 4 is 17.3 Å². The molecule has 2 aliphatic rings. The second kappa shape index (κ2) is 7.58. The Morgan fingerprint density at radius 2 is 1.76 bits per heavy atom. The van der Waals surface area contributed by atoms with Crippen molar-refractivity contribution in [3.8, 4) is 0 Å². The van der Waals surface area contributed by atoms with Gasteiger partial charge in [-0.2, -0.15) is 0 Å². The van der Waals surface area contributed by atoms with Crippen molar-refractivity contribution in [1.82, 2.24) is 0 Å². The Hall–Kier alpha value is -1.61. The van der Waals surface area contributed by atoms with Gasteiger partial charge in [-0.1, -0.05) is 13.8 Å². The third-order valence-electron chi connectivity index (χ3n) is 5.77. The lowest BCUT2D eigenvalue weighted by molar-refractivity contribution is -0.149. The average Bonchev–Trinajstić information content (AvgIpc) is 3.09. The predicted octanol–water partition coefficient (Wildman–Crippen LogP) is 1.00. The van der Waals surface area contributed by atoms with E-state index in [0.29, 0.717) is 0 Å². The molecule has 0 saturated carbocycles. The minimum absolute atomic E-state index is 0.0467. The minimum atomic E-state index is -2.65. The number of ether oxygens (including phenoxy) is 1. The number of rotatable bonds is 9. The molecule has 4 atom stereocenters. The Kier molecular flexibility index (Phi) is 6.18. The SMILES string of the molecule is CC(C)CC(=O)C1=C(O)C(O)(C(=O)CC2OC2(C)C)C(CC(O)C(C)(C)O)C1=O. The highest BCUT2D eigenvalue weighted by Gasteiger charge is 2.62. The average molecular weight is 412 g/mol. The maximum absolute atomic E-state index is 13.0. The summed E-state index contributed by atoms with van der Waals surface area (Å²) in [6, 6.07) is 0. The lowest BCUT2D eigenvalue weighted by atomic mass is 9.77. The fourth-order valence-electron chi connectivity index (χ4n) is 3.64. The number of hydrogen-bond donors (Lipinski definition) is 4. The van der Waals surface area contributed by atoms with Gasteiger partial charge in [-0.15, -0.1) is 0 Å². The molecule has 0 aromatic carbocycles.